The van der Waals surface area contributed by atoms with Gasteiger partial charge in [0.15, 0.2) is 0 Å². The van der Waals surface area contributed by atoms with Crippen LogP contribution >= 0.6 is 0 Å². The molecular formula is C18H24N2O. The molecule has 0 spiro atoms. The minimum Gasteiger partial charge on any atom is -0.491 e. The molecular weight excluding hydrogens is 260 g/mol. The van der Waals surface area contributed by atoms with Gasteiger partial charge in [0, 0.05) is 18.3 Å². The van der Waals surface area contributed by atoms with Gasteiger partial charge in [0.25, 0.3) is 0 Å². The van der Waals surface area contributed by atoms with E-state index in [1.54, 1.807) is 0 Å². The van der Waals surface area contributed by atoms with Crippen molar-refractivity contribution in [3.05, 3.63) is 53.6 Å². The molecule has 112 valence electrons. The fraction of sp³-hybridized carbons (Fsp3) is 0.333. The molecule has 0 aliphatic carbocycles. The van der Waals surface area contributed by atoms with Crippen molar-refractivity contribution in [3.63, 3.8) is 0 Å². The van der Waals surface area contributed by atoms with Gasteiger partial charge in [-0.15, -0.1) is 0 Å². The first kappa shape index (κ1) is 15.2. The van der Waals surface area contributed by atoms with E-state index < -0.39 is 0 Å². The molecule has 0 aromatic heterocycles. The molecule has 2 aromatic rings. The van der Waals surface area contributed by atoms with Crippen LogP contribution in [0.2, 0.25) is 0 Å². The number of nitrogen functional groups attached to an aromatic ring is 1. The fourth-order valence-corrected chi connectivity index (χ4v) is 2.21. The SMILES string of the molecule is CCCOc1cc(NCCc2ccccc2C)ccc1N. The van der Waals surface area contributed by atoms with Crippen molar-refractivity contribution in [1.82, 2.24) is 0 Å². The highest BCUT2D eigenvalue weighted by Gasteiger charge is 2.02. The van der Waals surface area contributed by atoms with Crippen LogP contribution in [0.15, 0.2) is 42.5 Å². The highest BCUT2D eigenvalue weighted by Crippen LogP contribution is 2.25. The van der Waals surface area contributed by atoms with Crippen molar-refractivity contribution in [1.29, 1.82) is 0 Å². The van der Waals surface area contributed by atoms with Gasteiger partial charge in [-0.1, -0.05) is 31.2 Å². The summed E-state index contributed by atoms with van der Waals surface area (Å²) >= 11 is 0. The molecule has 0 bridgehead atoms. The lowest BCUT2D eigenvalue weighted by Gasteiger charge is -2.12. The predicted molar refractivity (Wildman–Crippen MR) is 90.0 cm³/mol. The summed E-state index contributed by atoms with van der Waals surface area (Å²) in [4.78, 5) is 0. The lowest BCUT2D eigenvalue weighted by molar-refractivity contribution is 0.319. The molecule has 0 radical (unpaired) electrons. The van der Waals surface area contributed by atoms with Crippen LogP contribution in [0.3, 0.4) is 0 Å². The summed E-state index contributed by atoms with van der Waals surface area (Å²) in [6, 6.07) is 14.3. The molecule has 0 aliphatic heterocycles. The van der Waals surface area contributed by atoms with Crippen molar-refractivity contribution < 1.29 is 4.74 Å². The molecule has 0 saturated heterocycles. The van der Waals surface area contributed by atoms with Gasteiger partial charge in [0.1, 0.15) is 5.75 Å². The third kappa shape index (κ3) is 4.42. The van der Waals surface area contributed by atoms with Crippen LogP contribution in [0.5, 0.6) is 5.75 Å². The summed E-state index contributed by atoms with van der Waals surface area (Å²) in [7, 11) is 0. The predicted octanol–water partition coefficient (Wildman–Crippen LogP) is 4.02. The van der Waals surface area contributed by atoms with Crippen molar-refractivity contribution >= 4 is 11.4 Å². The average Bonchev–Trinajstić information content (AvgIpc) is 2.49. The largest absolute Gasteiger partial charge is 0.491 e. The zero-order valence-corrected chi connectivity index (χ0v) is 12.9. The second-order valence-corrected chi connectivity index (χ2v) is 5.20. The number of anilines is 2. The first-order valence-corrected chi connectivity index (χ1v) is 7.51. The number of nitrogens with two attached hydrogens (primary N) is 1. The molecule has 0 atom stereocenters. The maximum Gasteiger partial charge on any atom is 0.144 e. The van der Waals surface area contributed by atoms with E-state index in [-0.39, 0.29) is 0 Å². The molecule has 0 fully saturated rings. The maximum atomic E-state index is 5.92. The van der Waals surface area contributed by atoms with Crippen LogP contribution in [0.4, 0.5) is 11.4 Å². The van der Waals surface area contributed by atoms with Gasteiger partial charge in [-0.3, -0.25) is 0 Å². The van der Waals surface area contributed by atoms with E-state index in [0.29, 0.717) is 12.3 Å². The molecule has 3 N–H and O–H groups in total. The normalized spacial score (nSPS) is 10.4. The summed E-state index contributed by atoms with van der Waals surface area (Å²) < 4.78 is 5.65. The topological polar surface area (TPSA) is 47.3 Å². The van der Waals surface area contributed by atoms with Crippen LogP contribution < -0.4 is 15.8 Å². The number of hydrogen-bond acceptors (Lipinski definition) is 3. The standard InChI is InChI=1S/C18H24N2O/c1-3-12-21-18-13-16(8-9-17(18)19)20-11-10-15-7-5-4-6-14(15)2/h4-9,13,20H,3,10-12,19H2,1-2H3. The molecule has 21 heavy (non-hydrogen) atoms. The summed E-state index contributed by atoms with van der Waals surface area (Å²) in [5.74, 6) is 0.762. The molecule has 0 heterocycles. The Morgan fingerprint density at radius 1 is 1.14 bits per heavy atom. The van der Waals surface area contributed by atoms with Gasteiger partial charge in [-0.25, -0.2) is 0 Å². The van der Waals surface area contributed by atoms with Crippen molar-refractivity contribution in [2.24, 2.45) is 0 Å². The van der Waals surface area contributed by atoms with Crippen LogP contribution in [-0.2, 0) is 6.42 Å². The average molecular weight is 284 g/mol. The lowest BCUT2D eigenvalue weighted by Crippen LogP contribution is -2.06. The zero-order chi connectivity index (χ0) is 15.1. The Labute approximate surface area is 127 Å². The van der Waals surface area contributed by atoms with E-state index in [4.69, 9.17) is 10.5 Å². The fourth-order valence-electron chi connectivity index (χ4n) is 2.21. The van der Waals surface area contributed by atoms with E-state index in [2.05, 4.69) is 43.4 Å². The highest BCUT2D eigenvalue weighted by molar-refractivity contribution is 5.61. The Bertz CT molecular complexity index is 581. The molecule has 0 amide bonds. The second kappa shape index (κ2) is 7.58. The van der Waals surface area contributed by atoms with Crippen molar-refractivity contribution in [2.75, 3.05) is 24.2 Å². The van der Waals surface area contributed by atoms with E-state index >= 15 is 0 Å². The minimum atomic E-state index is 0.688. The summed E-state index contributed by atoms with van der Waals surface area (Å²) in [6.07, 6.45) is 1.98. The molecule has 0 aliphatic rings. The second-order valence-electron chi connectivity index (χ2n) is 5.20. The Morgan fingerprint density at radius 3 is 2.71 bits per heavy atom. The number of rotatable bonds is 7. The summed E-state index contributed by atoms with van der Waals surface area (Å²) in [5.41, 5.74) is 10.4. The summed E-state index contributed by atoms with van der Waals surface area (Å²) in [6.45, 7) is 5.81. The van der Waals surface area contributed by atoms with Crippen LogP contribution in [-0.4, -0.2) is 13.2 Å². The van der Waals surface area contributed by atoms with Gasteiger partial charge in [-0.2, -0.15) is 0 Å². The van der Waals surface area contributed by atoms with Crippen molar-refractivity contribution in [3.8, 4) is 5.75 Å². The third-order valence-corrected chi connectivity index (χ3v) is 3.46. The first-order valence-electron chi connectivity index (χ1n) is 7.51. The van der Waals surface area contributed by atoms with Crippen molar-refractivity contribution in [2.45, 2.75) is 26.7 Å². The van der Waals surface area contributed by atoms with E-state index in [1.807, 2.05) is 18.2 Å². The minimum absolute atomic E-state index is 0.688. The molecule has 0 saturated carbocycles. The molecule has 3 heteroatoms. The monoisotopic (exact) mass is 284 g/mol. The van der Waals surface area contributed by atoms with Crippen LogP contribution in [0.25, 0.3) is 0 Å². The Balaban J connectivity index is 1.92. The molecule has 2 rings (SSSR count). The Morgan fingerprint density at radius 2 is 1.95 bits per heavy atom. The van der Waals surface area contributed by atoms with Gasteiger partial charge in [-0.05, 0) is 43.0 Å². The zero-order valence-electron chi connectivity index (χ0n) is 12.9. The van der Waals surface area contributed by atoms with E-state index in [1.165, 1.54) is 11.1 Å². The number of hydrogen-bond donors (Lipinski definition) is 2. The molecule has 2 aromatic carbocycles. The third-order valence-electron chi connectivity index (χ3n) is 3.46. The quantitative estimate of drug-likeness (QED) is 0.755. The summed E-state index contributed by atoms with van der Waals surface area (Å²) in [5, 5.41) is 3.43. The van der Waals surface area contributed by atoms with Gasteiger partial charge >= 0.3 is 0 Å². The smallest absolute Gasteiger partial charge is 0.144 e. The molecule has 0 unspecified atom stereocenters. The number of ether oxygens (including phenoxy) is 1. The number of nitrogens with one attached hydrogen (secondary N) is 1. The van der Waals surface area contributed by atoms with Crippen LogP contribution in [0.1, 0.15) is 24.5 Å². The molecule has 3 nitrogen and oxygen atoms in total. The van der Waals surface area contributed by atoms with Gasteiger partial charge in [0.05, 0.1) is 12.3 Å². The number of aryl methyl sites for hydroxylation is 1. The Kier molecular flexibility index (Phi) is 5.50. The van der Waals surface area contributed by atoms with Gasteiger partial charge < -0.3 is 15.8 Å². The van der Waals surface area contributed by atoms with Gasteiger partial charge in [0.2, 0.25) is 0 Å². The first-order chi connectivity index (χ1) is 10.2. The maximum absolute atomic E-state index is 5.92. The Hall–Kier alpha value is -2.16. The van der Waals surface area contributed by atoms with E-state index in [9.17, 15) is 0 Å². The lowest BCUT2D eigenvalue weighted by atomic mass is 10.1. The van der Waals surface area contributed by atoms with E-state index in [0.717, 1.165) is 30.8 Å². The number of benzene rings is 2. The highest BCUT2D eigenvalue weighted by atomic mass is 16.5. The van der Waals surface area contributed by atoms with Crippen LogP contribution in [0, 0.1) is 6.92 Å².